The zero-order valence-electron chi connectivity index (χ0n) is 7.71. The first kappa shape index (κ1) is 9.40. The molecule has 0 aromatic heterocycles. The van der Waals surface area contributed by atoms with Gasteiger partial charge in [0.15, 0.2) is 11.6 Å². The molecule has 0 saturated carbocycles. The van der Waals surface area contributed by atoms with E-state index in [1.54, 1.807) is 6.07 Å². The highest BCUT2D eigenvalue weighted by Gasteiger charge is 2.19. The number of benzene rings is 1. The fourth-order valence-electron chi connectivity index (χ4n) is 1.70. The molecule has 1 heterocycles. The van der Waals surface area contributed by atoms with E-state index in [0.29, 0.717) is 12.2 Å². The molecule has 0 unspecified atom stereocenters. The van der Waals surface area contributed by atoms with Gasteiger partial charge in [-0.05, 0) is 18.6 Å². The van der Waals surface area contributed by atoms with Crippen LogP contribution in [0.5, 0.6) is 0 Å². The van der Waals surface area contributed by atoms with Gasteiger partial charge in [-0.2, -0.15) is 0 Å². The molecular formula is C10H12F2N2. The van der Waals surface area contributed by atoms with E-state index in [2.05, 4.69) is 0 Å². The number of hydrogen-bond donors (Lipinski definition) is 1. The molecular weight excluding hydrogens is 186 g/mol. The van der Waals surface area contributed by atoms with E-state index in [9.17, 15) is 8.78 Å². The number of nitrogens with zero attached hydrogens (tertiary/aromatic N) is 1. The average Bonchev–Trinajstić information content (AvgIpc) is 2.57. The molecule has 1 aliphatic heterocycles. The Labute approximate surface area is 81.3 Å². The lowest BCUT2D eigenvalue weighted by Gasteiger charge is -2.17. The highest BCUT2D eigenvalue weighted by Crippen LogP contribution is 2.21. The second-order valence-electron chi connectivity index (χ2n) is 3.59. The van der Waals surface area contributed by atoms with Gasteiger partial charge in [-0.1, -0.05) is 0 Å². The predicted octanol–water partition coefficient (Wildman–Crippen LogP) is 1.50. The van der Waals surface area contributed by atoms with Crippen LogP contribution in [0.15, 0.2) is 18.2 Å². The molecule has 1 aromatic carbocycles. The van der Waals surface area contributed by atoms with Gasteiger partial charge >= 0.3 is 0 Å². The Morgan fingerprint density at radius 3 is 2.64 bits per heavy atom. The Morgan fingerprint density at radius 2 is 2.07 bits per heavy atom. The molecule has 1 fully saturated rings. The van der Waals surface area contributed by atoms with E-state index in [0.717, 1.165) is 19.0 Å². The molecule has 2 nitrogen and oxygen atoms in total. The lowest BCUT2D eigenvalue weighted by molar-refractivity contribution is 0.508. The van der Waals surface area contributed by atoms with E-state index >= 15 is 0 Å². The monoisotopic (exact) mass is 198 g/mol. The molecule has 0 radical (unpaired) electrons. The maximum Gasteiger partial charge on any atom is 0.160 e. The van der Waals surface area contributed by atoms with Gasteiger partial charge in [0.05, 0.1) is 0 Å². The third-order valence-electron chi connectivity index (χ3n) is 2.49. The molecule has 0 aliphatic carbocycles. The summed E-state index contributed by atoms with van der Waals surface area (Å²) in [7, 11) is 0. The molecule has 1 aromatic rings. The minimum atomic E-state index is -0.808. The van der Waals surface area contributed by atoms with E-state index in [-0.39, 0.29) is 6.04 Å². The minimum Gasteiger partial charge on any atom is -0.370 e. The van der Waals surface area contributed by atoms with Crippen LogP contribution in [0.2, 0.25) is 0 Å². The van der Waals surface area contributed by atoms with Crippen LogP contribution in [0.4, 0.5) is 14.5 Å². The van der Waals surface area contributed by atoms with Crippen molar-refractivity contribution in [3.8, 4) is 0 Å². The third kappa shape index (κ3) is 1.70. The zero-order valence-corrected chi connectivity index (χ0v) is 7.71. The summed E-state index contributed by atoms with van der Waals surface area (Å²) in [5.74, 6) is -1.61. The summed E-state index contributed by atoms with van der Waals surface area (Å²) in [6.45, 7) is 1.53. The van der Waals surface area contributed by atoms with E-state index in [1.807, 2.05) is 4.90 Å². The fraction of sp³-hybridized carbons (Fsp3) is 0.400. The number of anilines is 1. The number of hydrogen-bond acceptors (Lipinski definition) is 2. The Bertz CT molecular complexity index is 341. The molecule has 0 bridgehead atoms. The summed E-state index contributed by atoms with van der Waals surface area (Å²) in [4.78, 5) is 1.97. The molecule has 4 heteroatoms. The molecule has 14 heavy (non-hydrogen) atoms. The Morgan fingerprint density at radius 1 is 1.29 bits per heavy atom. The van der Waals surface area contributed by atoms with Crippen LogP contribution < -0.4 is 10.6 Å². The molecule has 2 rings (SSSR count). The summed E-state index contributed by atoms with van der Waals surface area (Å²) in [6, 6.07) is 4.08. The quantitative estimate of drug-likeness (QED) is 0.741. The Balaban J connectivity index is 2.20. The SMILES string of the molecule is N[C@@H]1CCN(c2ccc(F)c(F)c2)C1. The summed E-state index contributed by atoms with van der Waals surface area (Å²) in [5.41, 5.74) is 6.43. The third-order valence-corrected chi connectivity index (χ3v) is 2.49. The standard InChI is InChI=1S/C10H12F2N2/c11-9-2-1-8(5-10(9)12)14-4-3-7(13)6-14/h1-2,5,7H,3-4,6,13H2/t7-/m1/s1. The highest BCUT2D eigenvalue weighted by molar-refractivity contribution is 5.47. The molecule has 0 spiro atoms. The maximum absolute atomic E-state index is 12.9. The van der Waals surface area contributed by atoms with Gasteiger partial charge in [0.1, 0.15) is 0 Å². The first-order valence-corrected chi connectivity index (χ1v) is 4.62. The lowest BCUT2D eigenvalue weighted by Crippen LogP contribution is -2.26. The lowest BCUT2D eigenvalue weighted by atomic mass is 10.3. The number of nitrogens with two attached hydrogens (primary N) is 1. The molecule has 1 aliphatic rings. The van der Waals surface area contributed by atoms with Gasteiger partial charge in [-0.15, -0.1) is 0 Å². The fourth-order valence-corrected chi connectivity index (χ4v) is 1.70. The van der Waals surface area contributed by atoms with Crippen molar-refractivity contribution in [3.05, 3.63) is 29.8 Å². The maximum atomic E-state index is 12.9. The van der Waals surface area contributed by atoms with Crippen molar-refractivity contribution in [1.82, 2.24) is 0 Å². The Hall–Kier alpha value is -1.16. The van der Waals surface area contributed by atoms with Crippen LogP contribution in [0.3, 0.4) is 0 Å². The van der Waals surface area contributed by atoms with Crippen molar-refractivity contribution in [3.63, 3.8) is 0 Å². The zero-order chi connectivity index (χ0) is 10.1. The van der Waals surface area contributed by atoms with Crippen LogP contribution in [0.25, 0.3) is 0 Å². The molecule has 1 saturated heterocycles. The summed E-state index contributed by atoms with van der Waals surface area (Å²) in [5, 5.41) is 0. The van der Waals surface area contributed by atoms with E-state index in [4.69, 9.17) is 5.73 Å². The summed E-state index contributed by atoms with van der Waals surface area (Å²) < 4.78 is 25.5. The number of halogens is 2. The number of rotatable bonds is 1. The van der Waals surface area contributed by atoms with E-state index in [1.165, 1.54) is 6.07 Å². The first-order valence-electron chi connectivity index (χ1n) is 4.62. The van der Waals surface area contributed by atoms with Gasteiger partial charge in [0, 0.05) is 30.9 Å². The summed E-state index contributed by atoms with van der Waals surface area (Å²) in [6.07, 6.45) is 0.902. The minimum absolute atomic E-state index is 0.142. The van der Waals surface area contributed by atoms with Gasteiger partial charge < -0.3 is 10.6 Å². The Kier molecular flexibility index (Phi) is 2.37. The van der Waals surface area contributed by atoms with Crippen LogP contribution in [-0.2, 0) is 0 Å². The van der Waals surface area contributed by atoms with Crippen molar-refractivity contribution in [2.75, 3.05) is 18.0 Å². The van der Waals surface area contributed by atoms with Crippen LogP contribution >= 0.6 is 0 Å². The first-order chi connectivity index (χ1) is 6.66. The second kappa shape index (κ2) is 3.53. The van der Waals surface area contributed by atoms with Crippen LogP contribution in [0, 0.1) is 11.6 Å². The topological polar surface area (TPSA) is 29.3 Å². The predicted molar refractivity (Wildman–Crippen MR) is 51.2 cm³/mol. The van der Waals surface area contributed by atoms with Crippen molar-refractivity contribution in [1.29, 1.82) is 0 Å². The second-order valence-corrected chi connectivity index (χ2v) is 3.59. The van der Waals surface area contributed by atoms with Gasteiger partial charge in [-0.25, -0.2) is 8.78 Å². The molecule has 76 valence electrons. The molecule has 0 amide bonds. The van der Waals surface area contributed by atoms with Gasteiger partial charge in [0.25, 0.3) is 0 Å². The van der Waals surface area contributed by atoms with Crippen molar-refractivity contribution >= 4 is 5.69 Å². The average molecular weight is 198 g/mol. The molecule has 2 N–H and O–H groups in total. The van der Waals surface area contributed by atoms with E-state index < -0.39 is 11.6 Å². The van der Waals surface area contributed by atoms with Crippen molar-refractivity contribution < 1.29 is 8.78 Å². The smallest absolute Gasteiger partial charge is 0.160 e. The van der Waals surface area contributed by atoms with Gasteiger partial charge in [-0.3, -0.25) is 0 Å². The van der Waals surface area contributed by atoms with Crippen LogP contribution in [-0.4, -0.2) is 19.1 Å². The van der Waals surface area contributed by atoms with Crippen molar-refractivity contribution in [2.45, 2.75) is 12.5 Å². The largest absolute Gasteiger partial charge is 0.370 e. The van der Waals surface area contributed by atoms with Crippen molar-refractivity contribution in [2.24, 2.45) is 5.73 Å². The summed E-state index contributed by atoms with van der Waals surface area (Å²) >= 11 is 0. The van der Waals surface area contributed by atoms with Gasteiger partial charge in [0.2, 0.25) is 0 Å². The normalized spacial score (nSPS) is 21.6. The van der Waals surface area contributed by atoms with Crippen LogP contribution in [0.1, 0.15) is 6.42 Å². The molecule has 1 atom stereocenters. The highest BCUT2D eigenvalue weighted by atomic mass is 19.2.